The van der Waals surface area contributed by atoms with Gasteiger partial charge in [-0.2, -0.15) is 13.2 Å². The van der Waals surface area contributed by atoms with Crippen LogP contribution in [0.15, 0.2) is 53.0 Å². The number of hydrogen-bond donors (Lipinski definition) is 1. The molecule has 0 bridgehead atoms. The van der Waals surface area contributed by atoms with Crippen LogP contribution in [-0.2, 0) is 32.3 Å². The molecule has 0 aliphatic carbocycles. The van der Waals surface area contributed by atoms with Crippen LogP contribution in [0.5, 0.6) is 0 Å². The molecule has 0 saturated heterocycles. The van der Waals surface area contributed by atoms with E-state index in [4.69, 9.17) is 0 Å². The highest BCUT2D eigenvalue weighted by Gasteiger charge is 2.33. The van der Waals surface area contributed by atoms with Gasteiger partial charge in [-0.1, -0.05) is 41.1 Å². The summed E-state index contributed by atoms with van der Waals surface area (Å²) in [5.41, 5.74) is -0.671. The molecule has 0 aliphatic heterocycles. The Bertz CT molecular complexity index is 1170. The summed E-state index contributed by atoms with van der Waals surface area (Å²) in [5, 5.41) is 2.80. The first kappa shape index (κ1) is 29.6. The third-order valence-corrected chi connectivity index (χ3v) is 7.24. The van der Waals surface area contributed by atoms with Crippen LogP contribution < -0.4 is 9.62 Å². The molecule has 2 rings (SSSR count). The summed E-state index contributed by atoms with van der Waals surface area (Å²) in [7, 11) is -4.14. The standard InChI is InChI=1S/C24H29BrF3N3O4S/c1-5-16(2)29-23(33)17(3)30(14-18-9-11-20(25)12-10-18)22(32)15-31(36(4,34)35)21-8-6-7-19(13-21)24(26,27)28/h6-13,16-17H,5,14-15H2,1-4H3,(H,29,33). The van der Waals surface area contributed by atoms with Crippen LogP contribution in [0.25, 0.3) is 0 Å². The number of carbonyl (C=O) groups is 2. The van der Waals surface area contributed by atoms with Crippen molar-refractivity contribution < 1.29 is 31.2 Å². The highest BCUT2D eigenvalue weighted by molar-refractivity contribution is 9.10. The van der Waals surface area contributed by atoms with Gasteiger partial charge >= 0.3 is 6.18 Å². The Labute approximate surface area is 217 Å². The van der Waals surface area contributed by atoms with Gasteiger partial charge in [0.15, 0.2) is 0 Å². The third-order valence-electron chi connectivity index (χ3n) is 5.58. The number of benzene rings is 2. The maximum absolute atomic E-state index is 13.4. The average molecular weight is 592 g/mol. The van der Waals surface area contributed by atoms with Gasteiger partial charge in [0.1, 0.15) is 12.6 Å². The lowest BCUT2D eigenvalue weighted by Gasteiger charge is -2.32. The Morgan fingerprint density at radius 3 is 2.22 bits per heavy atom. The van der Waals surface area contributed by atoms with Crippen LogP contribution in [-0.4, -0.2) is 50.0 Å². The molecule has 0 saturated carbocycles. The second kappa shape index (κ2) is 12.1. The van der Waals surface area contributed by atoms with Gasteiger partial charge in [-0.25, -0.2) is 8.42 Å². The van der Waals surface area contributed by atoms with Crippen LogP contribution in [0.4, 0.5) is 18.9 Å². The minimum Gasteiger partial charge on any atom is -0.352 e. The van der Waals surface area contributed by atoms with Crippen molar-refractivity contribution in [2.24, 2.45) is 0 Å². The molecule has 0 spiro atoms. The maximum atomic E-state index is 13.4. The Hall–Kier alpha value is -2.60. The molecule has 0 heterocycles. The van der Waals surface area contributed by atoms with Gasteiger partial charge in [0.05, 0.1) is 17.5 Å². The van der Waals surface area contributed by atoms with E-state index in [0.717, 1.165) is 22.9 Å². The minimum absolute atomic E-state index is 0.0125. The Morgan fingerprint density at radius 1 is 1.08 bits per heavy atom. The highest BCUT2D eigenvalue weighted by atomic mass is 79.9. The van der Waals surface area contributed by atoms with Crippen molar-refractivity contribution >= 4 is 43.5 Å². The molecule has 2 unspecified atom stereocenters. The van der Waals surface area contributed by atoms with E-state index in [1.54, 1.807) is 24.3 Å². The molecule has 12 heteroatoms. The first-order valence-electron chi connectivity index (χ1n) is 11.1. The van der Waals surface area contributed by atoms with Gasteiger partial charge in [0.2, 0.25) is 21.8 Å². The highest BCUT2D eigenvalue weighted by Crippen LogP contribution is 2.32. The first-order chi connectivity index (χ1) is 16.6. The molecule has 2 aromatic carbocycles. The predicted octanol–water partition coefficient (Wildman–Crippen LogP) is 4.57. The molecule has 7 nitrogen and oxygen atoms in total. The Kier molecular flexibility index (Phi) is 9.95. The lowest BCUT2D eigenvalue weighted by molar-refractivity contribution is -0.139. The number of nitrogens with one attached hydrogen (secondary N) is 1. The fourth-order valence-electron chi connectivity index (χ4n) is 3.29. The van der Waals surface area contributed by atoms with E-state index >= 15 is 0 Å². The summed E-state index contributed by atoms with van der Waals surface area (Å²) in [6.07, 6.45) is -3.23. The summed E-state index contributed by atoms with van der Waals surface area (Å²) >= 11 is 3.33. The quantitative estimate of drug-likeness (QED) is 0.438. The fourth-order valence-corrected chi connectivity index (χ4v) is 4.39. The number of nitrogens with zero attached hydrogens (tertiary/aromatic N) is 2. The number of hydrogen-bond acceptors (Lipinski definition) is 4. The average Bonchev–Trinajstić information content (AvgIpc) is 2.80. The number of amides is 2. The van der Waals surface area contributed by atoms with Gasteiger partial charge in [-0.15, -0.1) is 0 Å². The topological polar surface area (TPSA) is 86.8 Å². The van der Waals surface area contributed by atoms with Gasteiger partial charge in [0, 0.05) is 17.1 Å². The van der Waals surface area contributed by atoms with E-state index in [2.05, 4.69) is 21.2 Å². The summed E-state index contributed by atoms with van der Waals surface area (Å²) in [6, 6.07) is 9.61. The number of alkyl halides is 3. The summed E-state index contributed by atoms with van der Waals surface area (Å²) in [5.74, 6) is -1.17. The van der Waals surface area contributed by atoms with Crippen molar-refractivity contribution in [3.63, 3.8) is 0 Å². The molecule has 36 heavy (non-hydrogen) atoms. The molecular weight excluding hydrogens is 563 g/mol. The van der Waals surface area contributed by atoms with E-state index in [-0.39, 0.29) is 18.3 Å². The second-order valence-corrected chi connectivity index (χ2v) is 11.3. The molecule has 2 amide bonds. The Balaban J connectivity index is 2.43. The van der Waals surface area contributed by atoms with E-state index in [1.165, 1.54) is 17.9 Å². The molecular formula is C24H29BrF3N3O4S. The van der Waals surface area contributed by atoms with Crippen molar-refractivity contribution in [1.29, 1.82) is 0 Å². The maximum Gasteiger partial charge on any atom is 0.416 e. The van der Waals surface area contributed by atoms with E-state index in [1.807, 2.05) is 13.8 Å². The third kappa shape index (κ3) is 8.22. The normalized spacial score (nSPS) is 13.6. The molecule has 0 aliphatic rings. The molecule has 0 aromatic heterocycles. The van der Waals surface area contributed by atoms with Crippen molar-refractivity contribution in [2.45, 2.75) is 52.0 Å². The van der Waals surface area contributed by atoms with E-state index in [9.17, 15) is 31.2 Å². The van der Waals surface area contributed by atoms with Crippen LogP contribution in [0.1, 0.15) is 38.3 Å². The van der Waals surface area contributed by atoms with E-state index in [0.29, 0.717) is 22.4 Å². The van der Waals surface area contributed by atoms with Crippen molar-refractivity contribution in [3.05, 3.63) is 64.1 Å². The molecule has 2 aromatic rings. The smallest absolute Gasteiger partial charge is 0.352 e. The monoisotopic (exact) mass is 591 g/mol. The zero-order valence-electron chi connectivity index (χ0n) is 20.3. The van der Waals surface area contributed by atoms with Crippen molar-refractivity contribution in [2.75, 3.05) is 17.1 Å². The molecule has 2 atom stereocenters. The summed E-state index contributed by atoms with van der Waals surface area (Å²) in [4.78, 5) is 27.5. The van der Waals surface area contributed by atoms with Crippen LogP contribution in [0, 0.1) is 0 Å². The van der Waals surface area contributed by atoms with Gasteiger partial charge in [0.25, 0.3) is 0 Å². The lowest BCUT2D eigenvalue weighted by Crippen LogP contribution is -2.52. The number of halogens is 4. The van der Waals surface area contributed by atoms with Crippen molar-refractivity contribution in [1.82, 2.24) is 10.2 Å². The molecule has 1 N–H and O–H groups in total. The fraction of sp³-hybridized carbons (Fsp3) is 0.417. The van der Waals surface area contributed by atoms with Gasteiger partial charge < -0.3 is 10.2 Å². The first-order valence-corrected chi connectivity index (χ1v) is 13.8. The van der Waals surface area contributed by atoms with Gasteiger partial charge in [-0.3, -0.25) is 13.9 Å². The molecule has 0 fully saturated rings. The number of anilines is 1. The Morgan fingerprint density at radius 2 is 1.69 bits per heavy atom. The van der Waals surface area contributed by atoms with Gasteiger partial charge in [-0.05, 0) is 56.2 Å². The summed E-state index contributed by atoms with van der Waals surface area (Å²) in [6.45, 7) is 4.42. The predicted molar refractivity (Wildman–Crippen MR) is 136 cm³/mol. The number of carbonyl (C=O) groups excluding carboxylic acids is 2. The largest absolute Gasteiger partial charge is 0.416 e. The number of rotatable bonds is 10. The zero-order chi connectivity index (χ0) is 27.3. The number of sulfonamides is 1. The lowest BCUT2D eigenvalue weighted by atomic mass is 10.1. The SMILES string of the molecule is CCC(C)NC(=O)C(C)N(Cc1ccc(Br)cc1)C(=O)CN(c1cccc(C(F)(F)F)c1)S(C)(=O)=O. The van der Waals surface area contributed by atoms with Crippen LogP contribution >= 0.6 is 15.9 Å². The minimum atomic E-state index is -4.70. The van der Waals surface area contributed by atoms with Crippen LogP contribution in [0.3, 0.4) is 0 Å². The van der Waals surface area contributed by atoms with Crippen LogP contribution in [0.2, 0.25) is 0 Å². The second-order valence-electron chi connectivity index (χ2n) is 8.46. The summed E-state index contributed by atoms with van der Waals surface area (Å²) < 4.78 is 66.1. The van der Waals surface area contributed by atoms with Crippen molar-refractivity contribution in [3.8, 4) is 0 Å². The molecule has 0 radical (unpaired) electrons. The molecule has 198 valence electrons. The zero-order valence-corrected chi connectivity index (χ0v) is 22.7. The van der Waals surface area contributed by atoms with E-state index < -0.39 is 46.2 Å².